The Morgan fingerprint density at radius 1 is 0.600 bits per heavy atom. The van der Waals surface area contributed by atoms with Gasteiger partial charge >= 0.3 is 0 Å². The van der Waals surface area contributed by atoms with Crippen molar-refractivity contribution >= 4 is 71.3 Å². The van der Waals surface area contributed by atoms with Gasteiger partial charge in [0.2, 0.25) is 0 Å². The molecule has 8 rings (SSSR count). The number of fused-ring (bicyclic) bond motifs is 10. The number of para-hydroxylation sites is 4. The van der Waals surface area contributed by atoms with Gasteiger partial charge in [0.1, 0.15) is 16.7 Å². The van der Waals surface area contributed by atoms with Gasteiger partial charge < -0.3 is 4.42 Å². The number of hydrogen-bond donors (Lipinski definition) is 0. The second-order valence-corrected chi connectivity index (χ2v) is 7.89. The summed E-state index contributed by atoms with van der Waals surface area (Å²) in [7, 11) is 0. The number of nitrogens with zero attached hydrogens (tertiary/aromatic N) is 3. The number of aromatic nitrogens is 3. The summed E-state index contributed by atoms with van der Waals surface area (Å²) in [6, 6.07) is 27.1. The fourth-order valence-corrected chi connectivity index (χ4v) is 5.02. The molecule has 8 aromatic rings. The van der Waals surface area contributed by atoms with Crippen LogP contribution in [0.2, 0.25) is 0 Å². The predicted octanol–water partition coefficient (Wildman–Crippen LogP) is 6.68. The first-order valence-electron chi connectivity index (χ1n) is 10.0. The van der Waals surface area contributed by atoms with Crippen LogP contribution in [0, 0.1) is 0 Å². The molecule has 0 spiro atoms. The van der Waals surface area contributed by atoms with Crippen LogP contribution in [0.3, 0.4) is 0 Å². The van der Waals surface area contributed by atoms with E-state index in [1.807, 2.05) is 36.4 Å². The zero-order valence-corrected chi connectivity index (χ0v) is 15.8. The van der Waals surface area contributed by atoms with Crippen molar-refractivity contribution in [2.45, 2.75) is 0 Å². The summed E-state index contributed by atoms with van der Waals surface area (Å²) in [5, 5.41) is 5.87. The Bertz CT molecular complexity index is 1960. The lowest BCUT2D eigenvalue weighted by Crippen LogP contribution is -1.88. The summed E-state index contributed by atoms with van der Waals surface area (Å²) >= 11 is 0. The van der Waals surface area contributed by atoms with Crippen LogP contribution in [0.5, 0.6) is 0 Å². The third-order valence-corrected chi connectivity index (χ3v) is 6.30. The van der Waals surface area contributed by atoms with Crippen LogP contribution in [-0.2, 0) is 0 Å². The number of benzene rings is 4. The van der Waals surface area contributed by atoms with E-state index >= 15 is 0 Å². The molecule has 138 valence electrons. The molecule has 0 unspecified atom stereocenters. The molecule has 0 N–H and O–H groups in total. The molecular weight excluding hydrogens is 370 g/mol. The molecule has 0 saturated heterocycles. The van der Waals surface area contributed by atoms with E-state index in [0.717, 1.165) is 55.0 Å². The van der Waals surface area contributed by atoms with Crippen LogP contribution in [0.25, 0.3) is 71.3 Å². The molecule has 0 atom stereocenters. The van der Waals surface area contributed by atoms with Crippen molar-refractivity contribution in [3.05, 3.63) is 78.9 Å². The molecule has 0 saturated carbocycles. The number of rotatable bonds is 0. The highest BCUT2D eigenvalue weighted by Gasteiger charge is 2.21. The van der Waals surface area contributed by atoms with E-state index < -0.39 is 0 Å². The lowest BCUT2D eigenvalue weighted by molar-refractivity contribution is 0.669. The molecule has 0 radical (unpaired) electrons. The minimum absolute atomic E-state index is 0.894. The van der Waals surface area contributed by atoms with Crippen molar-refractivity contribution in [1.29, 1.82) is 0 Å². The molecular formula is C26H13N3O. The van der Waals surface area contributed by atoms with Crippen LogP contribution in [-0.4, -0.2) is 14.4 Å². The van der Waals surface area contributed by atoms with Crippen molar-refractivity contribution in [1.82, 2.24) is 14.4 Å². The van der Waals surface area contributed by atoms with Crippen LogP contribution < -0.4 is 0 Å². The summed E-state index contributed by atoms with van der Waals surface area (Å²) in [5.41, 5.74) is 7.75. The maximum Gasteiger partial charge on any atom is 0.165 e. The molecule has 4 aromatic carbocycles. The lowest BCUT2D eigenvalue weighted by Gasteiger charge is -2.00. The van der Waals surface area contributed by atoms with E-state index in [4.69, 9.17) is 14.4 Å². The minimum atomic E-state index is 0.894. The van der Waals surface area contributed by atoms with Crippen molar-refractivity contribution in [3.8, 4) is 0 Å². The Hall–Kier alpha value is -4.18. The van der Waals surface area contributed by atoms with E-state index in [-0.39, 0.29) is 0 Å². The molecule has 4 heteroatoms. The summed E-state index contributed by atoms with van der Waals surface area (Å²) in [4.78, 5) is 9.98. The fraction of sp³-hybridized carbons (Fsp3) is 0. The largest absolute Gasteiger partial charge is 0.456 e. The summed E-state index contributed by atoms with van der Waals surface area (Å²) < 4.78 is 8.43. The number of hydrogen-bond acceptors (Lipinski definition) is 3. The molecule has 0 fully saturated rings. The average Bonchev–Trinajstić information content (AvgIpc) is 3.42. The smallest absolute Gasteiger partial charge is 0.165 e. The maximum absolute atomic E-state index is 6.18. The van der Waals surface area contributed by atoms with Crippen LogP contribution >= 0.6 is 0 Å². The molecule has 30 heavy (non-hydrogen) atoms. The maximum atomic E-state index is 6.18. The van der Waals surface area contributed by atoms with E-state index in [1.54, 1.807) is 0 Å². The van der Waals surface area contributed by atoms with E-state index in [1.165, 1.54) is 16.3 Å². The summed E-state index contributed by atoms with van der Waals surface area (Å²) in [5.74, 6) is 0. The summed E-state index contributed by atoms with van der Waals surface area (Å²) in [6.45, 7) is 0. The monoisotopic (exact) mass is 383 g/mol. The van der Waals surface area contributed by atoms with E-state index in [9.17, 15) is 0 Å². The van der Waals surface area contributed by atoms with Gasteiger partial charge in [-0.3, -0.25) is 4.40 Å². The highest BCUT2D eigenvalue weighted by atomic mass is 16.3. The Morgan fingerprint density at radius 3 is 2.30 bits per heavy atom. The molecule has 0 aliphatic rings. The molecule has 4 nitrogen and oxygen atoms in total. The van der Waals surface area contributed by atoms with Crippen molar-refractivity contribution in [3.63, 3.8) is 0 Å². The Labute approximate surface area is 169 Å². The molecule has 0 bridgehead atoms. The van der Waals surface area contributed by atoms with Gasteiger partial charge in [-0.15, -0.1) is 0 Å². The lowest BCUT2D eigenvalue weighted by atomic mass is 10.1. The second kappa shape index (κ2) is 4.86. The quantitative estimate of drug-likeness (QED) is 0.293. The van der Waals surface area contributed by atoms with Gasteiger partial charge in [0.05, 0.1) is 22.1 Å². The van der Waals surface area contributed by atoms with Gasteiger partial charge in [0, 0.05) is 33.0 Å². The highest BCUT2D eigenvalue weighted by molar-refractivity contribution is 6.24. The first-order valence-corrected chi connectivity index (χ1v) is 10.0. The Morgan fingerprint density at radius 2 is 1.37 bits per heavy atom. The topological polar surface area (TPSA) is 43.3 Å². The van der Waals surface area contributed by atoms with Crippen LogP contribution in [0.1, 0.15) is 0 Å². The predicted molar refractivity (Wildman–Crippen MR) is 121 cm³/mol. The van der Waals surface area contributed by atoms with Gasteiger partial charge in [0.15, 0.2) is 5.65 Å². The molecule has 0 aliphatic carbocycles. The molecule has 4 aromatic heterocycles. The Kier molecular flexibility index (Phi) is 2.39. The summed E-state index contributed by atoms with van der Waals surface area (Å²) in [6.07, 6.45) is 0. The zero-order valence-electron chi connectivity index (χ0n) is 15.8. The second-order valence-electron chi connectivity index (χ2n) is 7.89. The average molecular weight is 383 g/mol. The van der Waals surface area contributed by atoms with Gasteiger partial charge in [-0.2, -0.15) is 0 Å². The Balaban J connectivity index is 1.67. The van der Waals surface area contributed by atoms with Gasteiger partial charge in [-0.05, 0) is 24.3 Å². The molecule has 0 amide bonds. The van der Waals surface area contributed by atoms with Crippen molar-refractivity contribution < 1.29 is 4.42 Å². The minimum Gasteiger partial charge on any atom is -0.456 e. The zero-order chi connectivity index (χ0) is 19.4. The third-order valence-electron chi connectivity index (χ3n) is 6.30. The highest BCUT2D eigenvalue weighted by Crippen LogP contribution is 2.41. The van der Waals surface area contributed by atoms with Gasteiger partial charge in [0.25, 0.3) is 0 Å². The van der Waals surface area contributed by atoms with Crippen LogP contribution in [0.4, 0.5) is 0 Å². The SMILES string of the molecule is c1ccc2nc3c(nc2c1)c1cccc2c4cc5c(cc4n3c21)oc1ccccc15. The standard InChI is InChI=1S/C26H13N3O/c1-4-11-22-14(6-1)18-12-17-15-7-5-8-16-24-26(28-20-10-3-2-9-19(20)27-24)29(25(15)16)21(17)13-23(18)30-22/h1-13H. The van der Waals surface area contributed by atoms with E-state index in [0.29, 0.717) is 0 Å². The van der Waals surface area contributed by atoms with E-state index in [2.05, 4.69) is 46.9 Å². The van der Waals surface area contributed by atoms with Crippen LogP contribution in [0.15, 0.2) is 83.3 Å². The van der Waals surface area contributed by atoms with Gasteiger partial charge in [-0.25, -0.2) is 9.97 Å². The first kappa shape index (κ1) is 14.8. The van der Waals surface area contributed by atoms with Gasteiger partial charge in [-0.1, -0.05) is 48.5 Å². The third kappa shape index (κ3) is 1.61. The molecule has 0 aliphatic heterocycles. The van der Waals surface area contributed by atoms with Crippen molar-refractivity contribution in [2.75, 3.05) is 0 Å². The normalized spacial score (nSPS) is 12.7. The van der Waals surface area contributed by atoms with Crippen molar-refractivity contribution in [2.24, 2.45) is 0 Å². The number of furan rings is 1. The first-order chi connectivity index (χ1) is 14.9. The molecule has 4 heterocycles. The fourth-order valence-electron chi connectivity index (χ4n) is 5.02.